The average molecular weight is 209 g/mol. The summed E-state index contributed by atoms with van der Waals surface area (Å²) in [7, 11) is 0. The van der Waals surface area contributed by atoms with E-state index in [1.54, 1.807) is 24.7 Å². The smallest absolute Gasteiger partial charge is 0.124 e. The normalized spacial score (nSPS) is 10.1. The van der Waals surface area contributed by atoms with E-state index in [-0.39, 0.29) is 5.82 Å². The maximum absolute atomic E-state index is 12.7. The van der Waals surface area contributed by atoms with Crippen molar-refractivity contribution in [3.63, 3.8) is 0 Å². The molecule has 70 valence electrons. The standard InChI is InChI=1S/C10H6ClFN2/c11-9-5-7(12)1-2-8(9)10-6-13-3-4-14-10/h1-6H. The van der Waals surface area contributed by atoms with Crippen molar-refractivity contribution < 1.29 is 4.39 Å². The molecule has 4 heteroatoms. The minimum atomic E-state index is -0.359. The maximum atomic E-state index is 12.7. The summed E-state index contributed by atoms with van der Waals surface area (Å²) < 4.78 is 12.7. The van der Waals surface area contributed by atoms with Gasteiger partial charge >= 0.3 is 0 Å². The van der Waals surface area contributed by atoms with Crippen molar-refractivity contribution in [3.05, 3.63) is 47.6 Å². The molecule has 0 saturated carbocycles. The van der Waals surface area contributed by atoms with Crippen molar-refractivity contribution in [3.8, 4) is 11.3 Å². The molecule has 0 atom stereocenters. The third-order valence-corrected chi connectivity index (χ3v) is 2.08. The van der Waals surface area contributed by atoms with Crippen LogP contribution >= 0.6 is 11.6 Å². The first-order chi connectivity index (χ1) is 6.77. The van der Waals surface area contributed by atoms with Crippen molar-refractivity contribution >= 4 is 11.6 Å². The summed E-state index contributed by atoms with van der Waals surface area (Å²) in [5.74, 6) is -0.359. The highest BCUT2D eigenvalue weighted by Gasteiger charge is 2.05. The molecule has 0 aliphatic carbocycles. The summed E-state index contributed by atoms with van der Waals surface area (Å²) >= 11 is 5.86. The Morgan fingerprint density at radius 1 is 1.21 bits per heavy atom. The molecular formula is C10H6ClFN2. The molecule has 0 fully saturated rings. The van der Waals surface area contributed by atoms with Crippen LogP contribution in [0.25, 0.3) is 11.3 Å². The predicted octanol–water partition coefficient (Wildman–Crippen LogP) is 2.94. The molecule has 2 nitrogen and oxygen atoms in total. The van der Waals surface area contributed by atoms with Crippen molar-refractivity contribution in [2.24, 2.45) is 0 Å². The van der Waals surface area contributed by atoms with Crippen molar-refractivity contribution in [2.45, 2.75) is 0 Å². The van der Waals surface area contributed by atoms with Crippen LogP contribution in [0.1, 0.15) is 0 Å². The quantitative estimate of drug-likeness (QED) is 0.720. The van der Waals surface area contributed by atoms with E-state index in [2.05, 4.69) is 9.97 Å². The fraction of sp³-hybridized carbons (Fsp3) is 0. The fourth-order valence-corrected chi connectivity index (χ4v) is 1.40. The second-order valence-electron chi connectivity index (χ2n) is 2.71. The molecule has 0 aliphatic heterocycles. The van der Waals surface area contributed by atoms with Crippen LogP contribution in [0.4, 0.5) is 4.39 Å². The molecule has 14 heavy (non-hydrogen) atoms. The van der Waals surface area contributed by atoms with E-state index < -0.39 is 0 Å². The Morgan fingerprint density at radius 3 is 2.71 bits per heavy atom. The molecule has 2 aromatic rings. The molecular weight excluding hydrogens is 203 g/mol. The topological polar surface area (TPSA) is 25.8 Å². The minimum absolute atomic E-state index is 0.338. The van der Waals surface area contributed by atoms with Gasteiger partial charge in [-0.2, -0.15) is 0 Å². The number of rotatable bonds is 1. The van der Waals surface area contributed by atoms with Crippen LogP contribution < -0.4 is 0 Å². The molecule has 0 saturated heterocycles. The van der Waals surface area contributed by atoms with Crippen LogP contribution in [0.15, 0.2) is 36.8 Å². The highest BCUT2D eigenvalue weighted by Crippen LogP contribution is 2.25. The molecule has 0 unspecified atom stereocenters. The molecule has 1 aromatic carbocycles. The molecule has 2 rings (SSSR count). The first-order valence-corrected chi connectivity index (χ1v) is 4.36. The Labute approximate surface area is 85.4 Å². The average Bonchev–Trinajstić information content (AvgIpc) is 2.19. The number of halogens is 2. The van der Waals surface area contributed by atoms with Gasteiger partial charge in [0.2, 0.25) is 0 Å². The van der Waals surface area contributed by atoms with Gasteiger partial charge in [0.15, 0.2) is 0 Å². The van der Waals surface area contributed by atoms with Crippen LogP contribution in [0.3, 0.4) is 0 Å². The minimum Gasteiger partial charge on any atom is -0.261 e. The van der Waals surface area contributed by atoms with Crippen LogP contribution in [0.2, 0.25) is 5.02 Å². The Kier molecular flexibility index (Phi) is 2.41. The van der Waals surface area contributed by atoms with E-state index >= 15 is 0 Å². The number of hydrogen-bond donors (Lipinski definition) is 0. The summed E-state index contributed by atoms with van der Waals surface area (Å²) in [5, 5.41) is 0.338. The third kappa shape index (κ3) is 1.72. The van der Waals surface area contributed by atoms with E-state index in [1.807, 2.05) is 0 Å². The molecule has 0 N–H and O–H groups in total. The van der Waals surface area contributed by atoms with Gasteiger partial charge in [-0.05, 0) is 18.2 Å². The SMILES string of the molecule is Fc1ccc(-c2cnccn2)c(Cl)c1. The Morgan fingerprint density at radius 2 is 2.07 bits per heavy atom. The summed E-state index contributed by atoms with van der Waals surface area (Å²) in [4.78, 5) is 7.98. The number of benzene rings is 1. The van der Waals surface area contributed by atoms with Crippen molar-refractivity contribution in [1.29, 1.82) is 0 Å². The van der Waals surface area contributed by atoms with Crippen molar-refractivity contribution in [2.75, 3.05) is 0 Å². The van der Waals surface area contributed by atoms with Crippen LogP contribution in [0.5, 0.6) is 0 Å². The van der Waals surface area contributed by atoms with Crippen LogP contribution in [-0.2, 0) is 0 Å². The van der Waals surface area contributed by atoms with Crippen molar-refractivity contribution in [1.82, 2.24) is 9.97 Å². The summed E-state index contributed by atoms with van der Waals surface area (Å²) in [6.07, 6.45) is 4.72. The lowest BCUT2D eigenvalue weighted by atomic mass is 10.1. The zero-order valence-electron chi connectivity index (χ0n) is 7.11. The Hall–Kier alpha value is -1.48. The number of hydrogen-bond acceptors (Lipinski definition) is 2. The fourth-order valence-electron chi connectivity index (χ4n) is 1.14. The molecule has 0 amide bonds. The molecule has 0 spiro atoms. The van der Waals surface area contributed by atoms with Crippen LogP contribution in [-0.4, -0.2) is 9.97 Å². The Bertz CT molecular complexity index is 445. The zero-order valence-corrected chi connectivity index (χ0v) is 7.87. The highest BCUT2D eigenvalue weighted by atomic mass is 35.5. The van der Waals surface area contributed by atoms with Gasteiger partial charge in [-0.15, -0.1) is 0 Å². The van der Waals surface area contributed by atoms with E-state index in [0.29, 0.717) is 16.3 Å². The molecule has 1 heterocycles. The highest BCUT2D eigenvalue weighted by molar-refractivity contribution is 6.33. The first kappa shape index (κ1) is 9.09. The first-order valence-electron chi connectivity index (χ1n) is 3.99. The monoisotopic (exact) mass is 208 g/mol. The summed E-state index contributed by atoms with van der Waals surface area (Å²) in [6, 6.07) is 4.18. The van der Waals surface area contributed by atoms with Gasteiger partial charge in [-0.3, -0.25) is 9.97 Å². The van der Waals surface area contributed by atoms with E-state index in [1.165, 1.54) is 12.1 Å². The second kappa shape index (κ2) is 3.72. The summed E-state index contributed by atoms with van der Waals surface area (Å²) in [6.45, 7) is 0. The van der Waals surface area contributed by atoms with Crippen LogP contribution in [0, 0.1) is 5.82 Å². The second-order valence-corrected chi connectivity index (χ2v) is 3.12. The van der Waals surface area contributed by atoms with Gasteiger partial charge in [0.1, 0.15) is 5.82 Å². The maximum Gasteiger partial charge on any atom is 0.124 e. The van der Waals surface area contributed by atoms with Gasteiger partial charge in [0, 0.05) is 18.0 Å². The van der Waals surface area contributed by atoms with Gasteiger partial charge in [0.05, 0.1) is 16.9 Å². The zero-order chi connectivity index (χ0) is 9.97. The van der Waals surface area contributed by atoms with E-state index in [0.717, 1.165) is 0 Å². The molecule has 1 aromatic heterocycles. The lowest BCUT2D eigenvalue weighted by Gasteiger charge is -2.01. The van der Waals surface area contributed by atoms with E-state index in [4.69, 9.17) is 11.6 Å². The van der Waals surface area contributed by atoms with Gasteiger partial charge in [0.25, 0.3) is 0 Å². The molecule has 0 radical (unpaired) electrons. The molecule has 0 bridgehead atoms. The third-order valence-electron chi connectivity index (χ3n) is 1.77. The number of nitrogens with zero attached hydrogens (tertiary/aromatic N) is 2. The van der Waals surface area contributed by atoms with Gasteiger partial charge in [-0.25, -0.2) is 4.39 Å². The van der Waals surface area contributed by atoms with Gasteiger partial charge < -0.3 is 0 Å². The predicted molar refractivity (Wildman–Crippen MR) is 52.4 cm³/mol. The van der Waals surface area contributed by atoms with Gasteiger partial charge in [-0.1, -0.05) is 11.6 Å². The Balaban J connectivity index is 2.53. The lowest BCUT2D eigenvalue weighted by molar-refractivity contribution is 0.628. The number of aromatic nitrogens is 2. The molecule has 0 aliphatic rings. The largest absolute Gasteiger partial charge is 0.261 e. The lowest BCUT2D eigenvalue weighted by Crippen LogP contribution is -1.86. The van der Waals surface area contributed by atoms with E-state index in [9.17, 15) is 4.39 Å². The summed E-state index contributed by atoms with van der Waals surface area (Å²) in [5.41, 5.74) is 1.32.